The zero-order chi connectivity index (χ0) is 12.3. The van der Waals surface area contributed by atoms with E-state index in [4.69, 9.17) is 23.8 Å². The number of amidine groups is 1. The molecule has 2 rings (SSSR count). The molecule has 1 heterocycles. The van der Waals surface area contributed by atoms with E-state index in [1.165, 1.54) is 0 Å². The Hall–Kier alpha value is -1.13. The Morgan fingerprint density at radius 2 is 2.41 bits per heavy atom. The van der Waals surface area contributed by atoms with Gasteiger partial charge in [-0.15, -0.1) is 0 Å². The average molecular weight is 268 g/mol. The molecule has 0 saturated carbocycles. The molecule has 0 fully saturated rings. The molecule has 0 radical (unpaired) electrons. The number of aliphatic imine (C=N–C) groups is 1. The van der Waals surface area contributed by atoms with Crippen molar-refractivity contribution in [2.24, 2.45) is 4.99 Å². The van der Waals surface area contributed by atoms with Crippen molar-refractivity contribution in [1.82, 2.24) is 10.2 Å². The molecule has 0 aromatic heterocycles. The summed E-state index contributed by atoms with van der Waals surface area (Å²) < 4.78 is 0. The molecule has 1 aromatic carbocycles. The van der Waals surface area contributed by atoms with E-state index in [1.54, 1.807) is 0 Å². The van der Waals surface area contributed by atoms with Crippen molar-refractivity contribution in [2.75, 3.05) is 19.6 Å². The Labute approximate surface area is 111 Å². The Morgan fingerprint density at radius 3 is 3.12 bits per heavy atom. The molecule has 1 aliphatic heterocycles. The molecule has 0 bridgehead atoms. The Morgan fingerprint density at radius 1 is 1.59 bits per heavy atom. The van der Waals surface area contributed by atoms with Crippen LogP contribution in [0.2, 0.25) is 5.02 Å². The van der Waals surface area contributed by atoms with Gasteiger partial charge in [0.05, 0.1) is 6.54 Å². The van der Waals surface area contributed by atoms with Gasteiger partial charge in [0.15, 0.2) is 5.11 Å². The minimum Gasteiger partial charge on any atom is -0.363 e. The lowest BCUT2D eigenvalue weighted by atomic mass is 10.2. The van der Waals surface area contributed by atoms with Gasteiger partial charge >= 0.3 is 0 Å². The van der Waals surface area contributed by atoms with Crippen LogP contribution < -0.4 is 5.32 Å². The van der Waals surface area contributed by atoms with E-state index < -0.39 is 0 Å². The van der Waals surface area contributed by atoms with Gasteiger partial charge in [0, 0.05) is 23.7 Å². The quantitative estimate of drug-likeness (QED) is 0.834. The van der Waals surface area contributed by atoms with Crippen LogP contribution in [-0.2, 0) is 0 Å². The fourth-order valence-corrected chi connectivity index (χ4v) is 2.28. The van der Waals surface area contributed by atoms with Crippen LogP contribution in [0.15, 0.2) is 29.3 Å². The first-order valence-corrected chi connectivity index (χ1v) is 6.36. The molecule has 0 aliphatic carbocycles. The van der Waals surface area contributed by atoms with Crippen LogP contribution in [0.4, 0.5) is 0 Å². The fraction of sp³-hybridized carbons (Fsp3) is 0.333. The molecule has 0 saturated heterocycles. The zero-order valence-electron chi connectivity index (χ0n) is 9.61. The van der Waals surface area contributed by atoms with Crippen LogP contribution in [0, 0.1) is 0 Å². The molecule has 0 atom stereocenters. The summed E-state index contributed by atoms with van der Waals surface area (Å²) in [7, 11) is 0. The third-order valence-electron chi connectivity index (χ3n) is 2.50. The lowest BCUT2D eigenvalue weighted by Gasteiger charge is -2.21. The summed E-state index contributed by atoms with van der Waals surface area (Å²) in [6, 6.07) is 7.69. The minimum atomic E-state index is 0.714. The lowest BCUT2D eigenvalue weighted by molar-refractivity contribution is 0.646. The first-order chi connectivity index (χ1) is 8.22. The van der Waals surface area contributed by atoms with Gasteiger partial charge in [-0.25, -0.2) is 0 Å². The Bertz CT molecular complexity index is 459. The van der Waals surface area contributed by atoms with Crippen LogP contribution in [0.5, 0.6) is 0 Å². The van der Waals surface area contributed by atoms with Gasteiger partial charge in [-0.1, -0.05) is 23.7 Å². The highest BCUT2D eigenvalue weighted by Crippen LogP contribution is 2.16. The monoisotopic (exact) mass is 267 g/mol. The van der Waals surface area contributed by atoms with Crippen LogP contribution in [0.25, 0.3) is 0 Å². The lowest BCUT2D eigenvalue weighted by Crippen LogP contribution is -2.42. The first-order valence-electron chi connectivity index (χ1n) is 5.58. The van der Waals surface area contributed by atoms with Crippen molar-refractivity contribution in [3.8, 4) is 0 Å². The van der Waals surface area contributed by atoms with Gasteiger partial charge in [-0.3, -0.25) is 4.99 Å². The van der Waals surface area contributed by atoms with Gasteiger partial charge in [0.2, 0.25) is 0 Å². The molecule has 1 aliphatic rings. The third-order valence-corrected chi connectivity index (χ3v) is 3.10. The SMILES string of the molecule is CCNC(=S)N1CCN=C1c1cccc(Cl)c1. The molecule has 0 unspecified atom stereocenters. The first kappa shape index (κ1) is 12.3. The second-order valence-electron chi connectivity index (χ2n) is 3.70. The predicted octanol–water partition coefficient (Wildman–Crippen LogP) is 2.30. The maximum atomic E-state index is 5.99. The van der Waals surface area contributed by atoms with Crippen molar-refractivity contribution >= 4 is 34.8 Å². The van der Waals surface area contributed by atoms with Gasteiger partial charge < -0.3 is 10.2 Å². The van der Waals surface area contributed by atoms with E-state index in [1.807, 2.05) is 36.1 Å². The minimum absolute atomic E-state index is 0.714. The normalized spacial score (nSPS) is 14.7. The highest BCUT2D eigenvalue weighted by Gasteiger charge is 2.21. The highest BCUT2D eigenvalue weighted by atomic mass is 35.5. The van der Waals surface area contributed by atoms with Crippen molar-refractivity contribution in [2.45, 2.75) is 6.92 Å². The van der Waals surface area contributed by atoms with E-state index in [0.717, 1.165) is 36.1 Å². The number of hydrogen-bond donors (Lipinski definition) is 1. The number of rotatable bonds is 2. The summed E-state index contributed by atoms with van der Waals surface area (Å²) in [5.74, 6) is 0.901. The molecule has 3 nitrogen and oxygen atoms in total. The molecular formula is C12H14ClN3S. The van der Waals surface area contributed by atoms with Crippen molar-refractivity contribution < 1.29 is 0 Å². The summed E-state index contributed by atoms with van der Waals surface area (Å²) in [4.78, 5) is 6.51. The summed E-state index contributed by atoms with van der Waals surface area (Å²) in [6.45, 7) is 4.44. The molecule has 5 heteroatoms. The predicted molar refractivity (Wildman–Crippen MR) is 75.8 cm³/mol. The maximum Gasteiger partial charge on any atom is 0.174 e. The summed E-state index contributed by atoms with van der Waals surface area (Å²) >= 11 is 11.3. The summed E-state index contributed by atoms with van der Waals surface area (Å²) in [6.07, 6.45) is 0. The standard InChI is InChI=1S/C12H14ClN3S/c1-2-14-12(17)16-7-6-15-11(16)9-4-3-5-10(13)8-9/h3-5,8H,2,6-7H2,1H3,(H,14,17). The molecule has 1 aromatic rings. The van der Waals surface area contributed by atoms with E-state index in [9.17, 15) is 0 Å². The highest BCUT2D eigenvalue weighted by molar-refractivity contribution is 7.80. The molecule has 0 amide bonds. The van der Waals surface area contributed by atoms with E-state index in [2.05, 4.69) is 10.3 Å². The van der Waals surface area contributed by atoms with Crippen LogP contribution in [0.3, 0.4) is 0 Å². The topological polar surface area (TPSA) is 27.6 Å². The molecule has 90 valence electrons. The number of hydrogen-bond acceptors (Lipinski definition) is 2. The largest absolute Gasteiger partial charge is 0.363 e. The van der Waals surface area contributed by atoms with Crippen LogP contribution in [-0.4, -0.2) is 35.5 Å². The number of nitrogens with one attached hydrogen (secondary N) is 1. The van der Waals surface area contributed by atoms with Crippen LogP contribution in [0.1, 0.15) is 12.5 Å². The number of halogens is 1. The summed E-state index contributed by atoms with van der Waals surface area (Å²) in [5.41, 5.74) is 1.01. The summed E-state index contributed by atoms with van der Waals surface area (Å²) in [5, 5.41) is 4.59. The second-order valence-corrected chi connectivity index (χ2v) is 4.53. The van der Waals surface area contributed by atoms with E-state index in [0.29, 0.717) is 5.02 Å². The molecule has 0 spiro atoms. The van der Waals surface area contributed by atoms with Crippen molar-refractivity contribution in [3.63, 3.8) is 0 Å². The Kier molecular flexibility index (Phi) is 3.97. The van der Waals surface area contributed by atoms with Crippen molar-refractivity contribution in [1.29, 1.82) is 0 Å². The van der Waals surface area contributed by atoms with E-state index >= 15 is 0 Å². The van der Waals surface area contributed by atoms with Crippen molar-refractivity contribution in [3.05, 3.63) is 34.9 Å². The number of benzene rings is 1. The molecule has 17 heavy (non-hydrogen) atoms. The van der Waals surface area contributed by atoms with Gasteiger partial charge in [-0.05, 0) is 31.3 Å². The second kappa shape index (κ2) is 5.47. The number of nitrogens with zero attached hydrogens (tertiary/aromatic N) is 2. The van der Waals surface area contributed by atoms with E-state index in [-0.39, 0.29) is 0 Å². The van der Waals surface area contributed by atoms with Gasteiger partial charge in [0.1, 0.15) is 5.84 Å². The molecule has 1 N–H and O–H groups in total. The number of thiocarbonyl (C=S) groups is 1. The zero-order valence-corrected chi connectivity index (χ0v) is 11.2. The van der Waals surface area contributed by atoms with Crippen LogP contribution >= 0.6 is 23.8 Å². The maximum absolute atomic E-state index is 5.99. The third kappa shape index (κ3) is 2.76. The molecular weight excluding hydrogens is 254 g/mol. The average Bonchev–Trinajstić information content (AvgIpc) is 2.78. The van der Waals surface area contributed by atoms with Gasteiger partial charge in [0.25, 0.3) is 0 Å². The van der Waals surface area contributed by atoms with Gasteiger partial charge in [-0.2, -0.15) is 0 Å². The smallest absolute Gasteiger partial charge is 0.174 e. The fourth-order valence-electron chi connectivity index (χ4n) is 1.77. The Balaban J connectivity index is 2.23.